The smallest absolute Gasteiger partial charge is 0.229 e. The number of benzene rings is 7. The Morgan fingerprint density at radius 3 is 1.02 bits per heavy atom. The van der Waals surface area contributed by atoms with E-state index in [9.17, 15) is 15.3 Å². The van der Waals surface area contributed by atoms with E-state index in [0.717, 1.165) is 145 Å². The summed E-state index contributed by atoms with van der Waals surface area (Å²) in [5.74, 6) is 4.04. The summed E-state index contributed by atoms with van der Waals surface area (Å²) in [5, 5.41) is 67.1. The number of phenols is 3. The van der Waals surface area contributed by atoms with E-state index in [0.29, 0.717) is 115 Å². The molecule has 37 nitrogen and oxygen atoms in total. The Morgan fingerprint density at radius 1 is 0.345 bits per heavy atom. The highest BCUT2D eigenvalue weighted by atomic mass is 35.5. The van der Waals surface area contributed by atoms with Gasteiger partial charge in [-0.15, -0.1) is 12.4 Å². The summed E-state index contributed by atoms with van der Waals surface area (Å²) < 4.78 is 32.2. The second-order valence-corrected chi connectivity index (χ2v) is 56.3. The number of halogens is 4. The quantitative estimate of drug-likeness (QED) is 0.0208. The minimum Gasteiger partial charge on any atom is -0.508 e. The number of hydrogen-bond acceptors (Lipinski definition) is 29. The number of H-pyrrole nitrogens is 1. The summed E-state index contributed by atoms with van der Waals surface area (Å²) in [5.41, 5.74) is 12.7. The molecule has 3 saturated heterocycles. The number of aromatic hydroxyl groups is 3. The van der Waals surface area contributed by atoms with Crippen LogP contribution in [0.4, 0.5) is 29.0 Å². The van der Waals surface area contributed by atoms with Gasteiger partial charge in [-0.05, 0) is 175 Å². The van der Waals surface area contributed by atoms with Crippen LogP contribution in [0.5, 0.6) is 17.2 Å². The maximum atomic E-state index is 9.67. The van der Waals surface area contributed by atoms with Crippen LogP contribution in [0.3, 0.4) is 0 Å². The number of para-hydroxylation sites is 4. The Kier molecular flexibility index (Phi) is 33.5. The number of anilines is 5. The molecule has 0 radical (unpaired) electrons. The summed E-state index contributed by atoms with van der Waals surface area (Å²) >= 11 is 18.1. The van der Waals surface area contributed by atoms with Crippen LogP contribution in [0.2, 0.25) is 70.1 Å². The van der Waals surface area contributed by atoms with E-state index in [-0.39, 0.29) is 61.3 Å². The number of piperazine rings is 3. The largest absolute Gasteiger partial charge is 0.508 e. The average Bonchev–Trinajstić information content (AvgIpc) is 1.60. The monoisotopic (exact) mass is 2130 g/mol. The summed E-state index contributed by atoms with van der Waals surface area (Å²) in [4.78, 5) is 66.2. The van der Waals surface area contributed by atoms with Crippen LogP contribution in [0, 0.1) is 0 Å². The lowest BCUT2D eigenvalue weighted by molar-refractivity contribution is 0.273. The van der Waals surface area contributed by atoms with Crippen molar-refractivity contribution >= 4 is 189 Å². The van der Waals surface area contributed by atoms with Crippen molar-refractivity contribution in [2.45, 2.75) is 143 Å². The molecule has 15 heterocycles. The van der Waals surface area contributed by atoms with Crippen molar-refractivity contribution in [2.24, 2.45) is 0 Å². The third kappa shape index (κ3) is 24.8. The highest BCUT2D eigenvalue weighted by Gasteiger charge is 2.40. The van der Waals surface area contributed by atoms with Gasteiger partial charge in [-0.2, -0.15) is 55.3 Å². The molecule has 19 aromatic rings. The van der Waals surface area contributed by atoms with Crippen LogP contribution in [-0.2, 0) is 39.5 Å². The summed E-state index contributed by atoms with van der Waals surface area (Å²) in [6.07, 6.45) is 14.3. The van der Waals surface area contributed by atoms with Gasteiger partial charge in [0.2, 0.25) is 22.5 Å². The number of phenolic OH excluding ortho intramolecular Hbond substituents is 3. The van der Waals surface area contributed by atoms with Crippen LogP contribution in [0.25, 0.3) is 106 Å². The van der Waals surface area contributed by atoms with Crippen molar-refractivity contribution in [3.8, 4) is 34.7 Å². The molecule has 3 aliphatic rings. The molecule has 0 atom stereocenters. The number of nitrogens with zero attached hydrogens (tertiary/aromatic N) is 28. The van der Waals surface area contributed by atoms with Gasteiger partial charge in [-0.25, -0.2) is 39.0 Å². The Hall–Kier alpha value is -13.4. The third-order valence-corrected chi connectivity index (χ3v) is 42.3. The predicted octanol–water partition coefficient (Wildman–Crippen LogP) is 19.2. The molecule has 776 valence electrons. The van der Waals surface area contributed by atoms with Crippen LogP contribution in [0.1, 0.15) is 62.3 Å². The second-order valence-electron chi connectivity index (χ2n) is 40.8. The van der Waals surface area contributed by atoms with Gasteiger partial charge in [0, 0.05) is 143 Å². The first kappa shape index (κ1) is 107. The molecule has 22 rings (SSSR count). The molecule has 0 spiro atoms. The highest BCUT2D eigenvalue weighted by molar-refractivity contribution is 6.75. The van der Waals surface area contributed by atoms with Gasteiger partial charge in [0.05, 0.1) is 98.6 Å². The molecule has 0 saturated carbocycles. The highest BCUT2D eigenvalue weighted by Crippen LogP contribution is 2.41. The zero-order valence-electron chi connectivity index (χ0n) is 86.0. The van der Waals surface area contributed by atoms with Gasteiger partial charge in [-0.1, -0.05) is 147 Å². The fraction of sp³-hybridized carbons (Fsp3) is 0.365. The van der Waals surface area contributed by atoms with Gasteiger partial charge in [-0.3, -0.25) is 5.10 Å². The van der Waals surface area contributed by atoms with E-state index >= 15 is 0 Å². The maximum absolute atomic E-state index is 9.67. The topological polar surface area (TPSA) is 393 Å². The average molecular weight is 2140 g/mol. The molecule has 7 aromatic carbocycles. The number of aromatic nitrogens is 24. The molecular formula is C104H128Cl4N30O7Si3. The van der Waals surface area contributed by atoms with Crippen LogP contribution < -0.4 is 29.8 Å². The summed E-state index contributed by atoms with van der Waals surface area (Å²) in [7, 11) is -5.43. The minimum atomic E-state index is -1.87. The second kappa shape index (κ2) is 46.2. The van der Waals surface area contributed by atoms with Gasteiger partial charge in [0.15, 0.2) is 86.7 Å². The zero-order chi connectivity index (χ0) is 104. The molecule has 148 heavy (non-hydrogen) atoms. The normalized spacial score (nSPS) is 14.0. The maximum Gasteiger partial charge on any atom is 0.229 e. The van der Waals surface area contributed by atoms with Crippen molar-refractivity contribution in [1.82, 2.24) is 123 Å². The van der Waals surface area contributed by atoms with Crippen molar-refractivity contribution in [3.05, 3.63) is 236 Å². The van der Waals surface area contributed by atoms with Crippen molar-refractivity contribution in [1.29, 1.82) is 0 Å². The Balaban J connectivity index is 0.000000133. The minimum absolute atomic E-state index is 0. The van der Waals surface area contributed by atoms with Crippen molar-refractivity contribution in [2.75, 3.05) is 129 Å². The first-order valence-corrected chi connectivity index (χ1v) is 59.2. The number of fused-ring (bicyclic) bond motifs is 8. The molecule has 6 N–H and O–H groups in total. The zero-order valence-corrected chi connectivity index (χ0v) is 92.1. The van der Waals surface area contributed by atoms with Crippen molar-refractivity contribution < 1.29 is 33.7 Å². The number of nitrogens with one attached hydrogen (secondary N) is 2. The fourth-order valence-corrected chi connectivity index (χ4v) is 20.2. The van der Waals surface area contributed by atoms with E-state index in [1.807, 2.05) is 169 Å². The third-order valence-electron chi connectivity index (χ3n) is 28.1. The van der Waals surface area contributed by atoms with Crippen LogP contribution >= 0.6 is 47.2 Å². The van der Waals surface area contributed by atoms with Crippen LogP contribution in [0.15, 0.2) is 220 Å². The first-order valence-electron chi connectivity index (χ1n) is 49.3. The number of rotatable bonds is 22. The molecule has 0 amide bonds. The fourth-order valence-electron chi connectivity index (χ4n) is 16.5. The Labute approximate surface area is 882 Å². The van der Waals surface area contributed by atoms with Crippen LogP contribution in [-0.4, -0.2) is 268 Å². The van der Waals surface area contributed by atoms with Gasteiger partial charge < -0.3 is 81.8 Å². The number of aliphatic hydroxyl groups excluding tert-OH is 1. The number of hydrogen-bond donors (Lipinski definition) is 6. The Morgan fingerprint density at radius 2 is 0.655 bits per heavy atom. The lowest BCUT2D eigenvalue weighted by Crippen LogP contribution is -2.47. The molecule has 44 heteroatoms. The van der Waals surface area contributed by atoms with E-state index < -0.39 is 25.0 Å². The molecule has 0 aliphatic carbocycles. The van der Waals surface area contributed by atoms with E-state index in [2.05, 4.69) is 203 Å². The van der Waals surface area contributed by atoms with E-state index in [4.69, 9.17) is 83.2 Å². The molecular weight excluding hydrogens is 2010 g/mol. The SMILES string of the molecule is CC(C)(C)[Si](C)(C)OCCn1cnc2c(-n3ncc4ccccc43)nc(Cl)nc21.CC(C)(C)[Si](C)(C)OCCn1cnc2c(-n3ncc4ccccc43)nc(N3CCN(c4ccc(O)cc4)CC3)nc21.CC(C)(C)[Si](C)(C)OCCn1cnc2c(Cl)nc(Cl)nc21.Cl.OCCn1cnc2c(-n3ncc4ccccc43)nc(N3CCN(c4ccc(O)cc4)CC3)nc21.Oc1ccc(N2CCNCC2)cc1.c1ccc2[nH]ncc2c1. The lowest BCUT2D eigenvalue weighted by atomic mass is 10.2. The summed E-state index contributed by atoms with van der Waals surface area (Å²) in [6.45, 7) is 48.3. The van der Waals surface area contributed by atoms with Gasteiger partial charge >= 0.3 is 0 Å². The number of imidazole rings is 4. The first-order chi connectivity index (χ1) is 70.4. The molecule has 3 fully saturated rings. The molecule has 0 bridgehead atoms. The number of aromatic amines is 1. The Bertz CT molecular complexity index is 7660. The van der Waals surface area contributed by atoms with E-state index in [1.165, 1.54) is 5.69 Å². The van der Waals surface area contributed by atoms with Gasteiger partial charge in [0.1, 0.15) is 22.8 Å². The van der Waals surface area contributed by atoms with E-state index in [1.54, 1.807) is 66.3 Å². The molecule has 0 unspecified atom stereocenters. The molecule has 3 aliphatic heterocycles. The standard InChI is InChI=1S/C30H38N8O2Si.C24H24N8O2.C20H25ClN6OSi.C13H20Cl2N4OSi.C10H14N2O.C7H6N2.ClH/c1-30(2,3)41(4,5)40-19-18-37-21-31-26-27(37)33-29(34-28(26)38-25-9-7-6-8-22(25)20-32-38)36-16-14-35(15-17-36)23-10-12-24(39)13-11-23;33-14-13-31-16-25-21-22(31)27-24(28-23(21)32-20-4-2-1-3-17(20)15-26-32)30-11-9-29(10-12-30)18-5-7-19(34)8-6-18;1-20(2,3)29(4,5)28-11-10-26-13-22-16-17(26)24-19(21)25-18(16)27-15-9-7-6-8-14(15)12-23-27;1-13(2,3)21(4,5)20-7-6-19-8-16-9-10(14)17-12(15)18-11(9)19;13-10-3-1-9(2-4-10)12-7-5-11-6-8-12;1-2-4-7-6(3-1)5-8-9-7;/h6-13,20-21,39H,14-19H2,1-5H3;1-8,15-16,33-34H,9-14H2;6-9,12-13H,10-11H2,1-5H3;8H,6-7H2,1-5H3;1-4,11,13H,5-8H2;1-5H,(H,8,9);1H. The lowest BCUT2D eigenvalue weighted by Gasteiger charge is -2.36. The predicted molar refractivity (Wildman–Crippen MR) is 598 cm³/mol. The number of aliphatic hydroxyl groups is 1. The van der Waals surface area contributed by atoms with Gasteiger partial charge in [0.25, 0.3) is 0 Å². The molecule has 12 aromatic heterocycles. The van der Waals surface area contributed by atoms with Crippen molar-refractivity contribution in [3.63, 3.8) is 0 Å². The summed E-state index contributed by atoms with van der Waals surface area (Å²) in [6, 6.07) is 54.1.